The van der Waals surface area contributed by atoms with Crippen LogP contribution in [0.1, 0.15) is 42.5 Å². The number of nitrogens with two attached hydrogens (primary N) is 1. The van der Waals surface area contributed by atoms with Gasteiger partial charge in [0.15, 0.2) is 0 Å². The molecule has 1 saturated heterocycles. The Labute approximate surface area is 115 Å². The summed E-state index contributed by atoms with van der Waals surface area (Å²) in [5, 5.41) is 9.02. The lowest BCUT2D eigenvalue weighted by Gasteiger charge is -2.28. The molecule has 1 aliphatic heterocycles. The molecule has 0 radical (unpaired) electrons. The zero-order valence-electron chi connectivity index (χ0n) is 12.0. The van der Waals surface area contributed by atoms with Crippen molar-refractivity contribution in [3.05, 3.63) is 22.9 Å². The van der Waals surface area contributed by atoms with Gasteiger partial charge in [-0.25, -0.2) is 4.98 Å². The number of hydrogen-bond donors (Lipinski definition) is 2. The monoisotopic (exact) mass is 263 g/mol. The molecular weight excluding hydrogens is 238 g/mol. The molecule has 2 heterocycles. The highest BCUT2D eigenvalue weighted by Gasteiger charge is 2.27. The van der Waals surface area contributed by atoms with Crippen molar-refractivity contribution in [2.24, 2.45) is 5.73 Å². The minimum absolute atomic E-state index is 0.272. The predicted molar refractivity (Wildman–Crippen MR) is 78.3 cm³/mol. The Morgan fingerprint density at radius 2 is 2.26 bits per heavy atom. The molecule has 1 atom stereocenters. The first-order chi connectivity index (χ1) is 9.17. The number of aliphatic hydroxyl groups is 1. The highest BCUT2D eigenvalue weighted by molar-refractivity contribution is 5.53. The lowest BCUT2D eigenvalue weighted by Crippen LogP contribution is -2.32. The van der Waals surface area contributed by atoms with Crippen molar-refractivity contribution in [2.75, 3.05) is 18.1 Å². The van der Waals surface area contributed by atoms with Gasteiger partial charge in [-0.1, -0.05) is 0 Å². The predicted octanol–water partition coefficient (Wildman–Crippen LogP) is 1.90. The standard InChI is InChI=1S/C15H25N3O/c1-11-9-12(2)17-15(14(11)10-16)18-7-3-5-13(18)6-4-8-19/h9,13,19H,3-8,10,16H2,1-2H3. The lowest BCUT2D eigenvalue weighted by molar-refractivity contribution is 0.279. The van der Waals surface area contributed by atoms with Crippen LogP contribution < -0.4 is 10.6 Å². The van der Waals surface area contributed by atoms with Crippen LogP contribution in [0.25, 0.3) is 0 Å². The van der Waals surface area contributed by atoms with E-state index in [1.807, 2.05) is 6.92 Å². The summed E-state index contributed by atoms with van der Waals surface area (Å²) < 4.78 is 0. The van der Waals surface area contributed by atoms with Gasteiger partial charge in [-0.2, -0.15) is 0 Å². The van der Waals surface area contributed by atoms with E-state index < -0.39 is 0 Å². The third-order valence-electron chi connectivity index (χ3n) is 4.00. The van der Waals surface area contributed by atoms with E-state index in [4.69, 9.17) is 15.8 Å². The maximum Gasteiger partial charge on any atom is 0.133 e. The van der Waals surface area contributed by atoms with Crippen LogP contribution in [0, 0.1) is 13.8 Å². The van der Waals surface area contributed by atoms with Crippen molar-refractivity contribution in [3.8, 4) is 0 Å². The second-order valence-electron chi connectivity index (χ2n) is 5.44. The van der Waals surface area contributed by atoms with E-state index >= 15 is 0 Å². The van der Waals surface area contributed by atoms with E-state index in [-0.39, 0.29) is 6.61 Å². The number of aromatic nitrogens is 1. The molecular formula is C15H25N3O. The van der Waals surface area contributed by atoms with Gasteiger partial charge in [-0.15, -0.1) is 0 Å². The Balaban J connectivity index is 2.29. The molecule has 3 N–H and O–H groups in total. The fourth-order valence-corrected chi connectivity index (χ4v) is 3.08. The number of aryl methyl sites for hydroxylation is 2. The molecule has 1 aromatic rings. The Bertz CT molecular complexity index is 434. The van der Waals surface area contributed by atoms with Crippen LogP contribution >= 0.6 is 0 Å². The highest BCUT2D eigenvalue weighted by Crippen LogP contribution is 2.30. The van der Waals surface area contributed by atoms with E-state index in [2.05, 4.69) is 17.9 Å². The summed E-state index contributed by atoms with van der Waals surface area (Å²) in [6, 6.07) is 2.61. The van der Waals surface area contributed by atoms with Gasteiger partial charge in [0.25, 0.3) is 0 Å². The summed E-state index contributed by atoms with van der Waals surface area (Å²) in [7, 11) is 0. The first-order valence-electron chi connectivity index (χ1n) is 7.22. The van der Waals surface area contributed by atoms with E-state index in [9.17, 15) is 0 Å². The van der Waals surface area contributed by atoms with Gasteiger partial charge in [0.1, 0.15) is 5.82 Å². The van der Waals surface area contributed by atoms with Crippen LogP contribution in [0.3, 0.4) is 0 Å². The van der Waals surface area contributed by atoms with Crippen LogP contribution in [-0.2, 0) is 6.54 Å². The van der Waals surface area contributed by atoms with Gasteiger partial charge in [0.05, 0.1) is 0 Å². The second kappa shape index (κ2) is 6.35. The van der Waals surface area contributed by atoms with Crippen molar-refractivity contribution >= 4 is 5.82 Å². The average molecular weight is 263 g/mol. The number of pyridine rings is 1. The summed E-state index contributed by atoms with van der Waals surface area (Å²) in [5.74, 6) is 1.07. The lowest BCUT2D eigenvalue weighted by atomic mass is 10.1. The Morgan fingerprint density at radius 3 is 2.95 bits per heavy atom. The number of hydrogen-bond acceptors (Lipinski definition) is 4. The SMILES string of the molecule is Cc1cc(C)c(CN)c(N2CCCC2CCCO)n1. The molecule has 1 aromatic heterocycles. The Morgan fingerprint density at radius 1 is 1.47 bits per heavy atom. The van der Waals surface area contributed by atoms with Crippen molar-refractivity contribution < 1.29 is 5.11 Å². The molecule has 1 aliphatic rings. The van der Waals surface area contributed by atoms with Gasteiger partial charge in [0.2, 0.25) is 0 Å². The van der Waals surface area contributed by atoms with Crippen LogP contribution in [0.5, 0.6) is 0 Å². The zero-order valence-corrected chi connectivity index (χ0v) is 12.0. The van der Waals surface area contributed by atoms with Crippen molar-refractivity contribution in [1.29, 1.82) is 0 Å². The molecule has 1 fully saturated rings. The largest absolute Gasteiger partial charge is 0.396 e. The summed E-state index contributed by atoms with van der Waals surface area (Å²) in [4.78, 5) is 7.13. The Kier molecular flexibility index (Phi) is 4.77. The molecule has 106 valence electrons. The minimum atomic E-state index is 0.272. The van der Waals surface area contributed by atoms with Crippen LogP contribution in [0.2, 0.25) is 0 Å². The van der Waals surface area contributed by atoms with E-state index in [1.54, 1.807) is 0 Å². The fourth-order valence-electron chi connectivity index (χ4n) is 3.08. The van der Waals surface area contributed by atoms with Crippen molar-refractivity contribution in [1.82, 2.24) is 4.98 Å². The summed E-state index contributed by atoms with van der Waals surface area (Å²) >= 11 is 0. The average Bonchev–Trinajstić information content (AvgIpc) is 2.83. The van der Waals surface area contributed by atoms with Crippen LogP contribution in [-0.4, -0.2) is 29.3 Å². The van der Waals surface area contributed by atoms with Gasteiger partial charge in [-0.05, 0) is 51.2 Å². The molecule has 1 unspecified atom stereocenters. The Hall–Kier alpha value is -1.13. The smallest absolute Gasteiger partial charge is 0.133 e. The molecule has 19 heavy (non-hydrogen) atoms. The van der Waals surface area contributed by atoms with Crippen LogP contribution in [0.15, 0.2) is 6.07 Å². The number of rotatable bonds is 5. The first-order valence-corrected chi connectivity index (χ1v) is 7.22. The van der Waals surface area contributed by atoms with Gasteiger partial charge in [-0.3, -0.25) is 0 Å². The van der Waals surface area contributed by atoms with Gasteiger partial charge in [0, 0.05) is 37.0 Å². The quantitative estimate of drug-likeness (QED) is 0.851. The molecule has 4 nitrogen and oxygen atoms in total. The van der Waals surface area contributed by atoms with Gasteiger partial charge < -0.3 is 15.7 Å². The first kappa shape index (κ1) is 14.3. The van der Waals surface area contributed by atoms with Gasteiger partial charge >= 0.3 is 0 Å². The molecule has 2 rings (SSSR count). The molecule has 0 spiro atoms. The van der Waals surface area contributed by atoms with Crippen LogP contribution in [0.4, 0.5) is 5.82 Å². The molecule has 0 aromatic carbocycles. The normalized spacial score (nSPS) is 19.2. The highest BCUT2D eigenvalue weighted by atomic mass is 16.2. The maximum atomic E-state index is 9.02. The number of aliphatic hydroxyl groups excluding tert-OH is 1. The fraction of sp³-hybridized carbons (Fsp3) is 0.667. The molecule has 0 bridgehead atoms. The molecule has 4 heteroatoms. The second-order valence-corrected chi connectivity index (χ2v) is 5.44. The molecule has 0 saturated carbocycles. The third kappa shape index (κ3) is 3.07. The van der Waals surface area contributed by atoms with E-state index in [1.165, 1.54) is 24.0 Å². The zero-order chi connectivity index (χ0) is 13.8. The topological polar surface area (TPSA) is 62.4 Å². The van der Waals surface area contributed by atoms with E-state index in [0.29, 0.717) is 12.6 Å². The van der Waals surface area contributed by atoms with E-state index in [0.717, 1.165) is 30.9 Å². The van der Waals surface area contributed by atoms with Crippen molar-refractivity contribution in [2.45, 2.75) is 52.1 Å². The number of nitrogens with zero attached hydrogens (tertiary/aromatic N) is 2. The molecule has 0 amide bonds. The summed E-state index contributed by atoms with van der Waals surface area (Å²) in [6.45, 7) is 6.01. The third-order valence-corrected chi connectivity index (χ3v) is 4.00. The van der Waals surface area contributed by atoms with Crippen molar-refractivity contribution in [3.63, 3.8) is 0 Å². The maximum absolute atomic E-state index is 9.02. The summed E-state index contributed by atoms with van der Waals surface area (Å²) in [6.07, 6.45) is 4.30. The summed E-state index contributed by atoms with van der Waals surface area (Å²) in [5.41, 5.74) is 9.36. The number of anilines is 1. The minimum Gasteiger partial charge on any atom is -0.396 e. The molecule has 0 aliphatic carbocycles.